The largest absolute Gasteiger partial charge is 0.350 e. The molecule has 2 aliphatic rings. The van der Waals surface area contributed by atoms with Crippen molar-refractivity contribution in [3.05, 3.63) is 92.8 Å². The molecule has 0 unspecified atom stereocenters. The lowest BCUT2D eigenvalue weighted by Crippen LogP contribution is -2.17. The monoisotopic (exact) mass is 436 g/mol. The molecule has 0 radical (unpaired) electrons. The van der Waals surface area contributed by atoms with Gasteiger partial charge in [0.1, 0.15) is 17.5 Å². The van der Waals surface area contributed by atoms with Crippen LogP contribution in [0.3, 0.4) is 0 Å². The highest BCUT2D eigenvalue weighted by Gasteiger charge is 2.21. The second kappa shape index (κ2) is 7.51. The predicted octanol–water partition coefficient (Wildman–Crippen LogP) is 3.89. The lowest BCUT2D eigenvalue weighted by atomic mass is 10.2. The lowest BCUT2D eigenvalue weighted by Gasteiger charge is -2.05. The zero-order valence-electron chi connectivity index (χ0n) is 15.5. The Balaban J connectivity index is 1.59. The number of aromatic nitrogens is 6. The molecule has 2 aromatic carbocycles. The smallest absolute Gasteiger partial charge is 0.311 e. The molecule has 2 aliphatic heterocycles. The lowest BCUT2D eigenvalue weighted by molar-refractivity contribution is 0.758. The van der Waals surface area contributed by atoms with E-state index in [1.54, 1.807) is 12.4 Å². The van der Waals surface area contributed by atoms with Gasteiger partial charge in [0.2, 0.25) is 0 Å². The van der Waals surface area contributed by atoms with Crippen molar-refractivity contribution in [2.45, 2.75) is 13.1 Å². The summed E-state index contributed by atoms with van der Waals surface area (Å²) in [5, 5.41) is 1.26. The number of imidazole rings is 2. The maximum Gasteiger partial charge on any atom is 0.350 e. The molecule has 0 aliphatic carbocycles. The van der Waals surface area contributed by atoms with Gasteiger partial charge in [-0.05, 0) is 29.3 Å². The fourth-order valence-corrected chi connectivity index (χ4v) is 3.83. The Morgan fingerprint density at radius 3 is 2.63 bits per heavy atom. The summed E-state index contributed by atoms with van der Waals surface area (Å²) in [7, 11) is 0. The van der Waals surface area contributed by atoms with Crippen LogP contribution in [0, 0.1) is 0 Å². The highest BCUT2D eigenvalue weighted by Crippen LogP contribution is 2.25. The van der Waals surface area contributed by atoms with Gasteiger partial charge in [-0.2, -0.15) is 4.98 Å². The third kappa shape index (κ3) is 3.32. The summed E-state index contributed by atoms with van der Waals surface area (Å²) in [6.07, 6.45) is 3.09. The number of halogens is 2. The second-order valence-corrected chi connectivity index (χ2v) is 7.64. The molecule has 30 heavy (non-hydrogen) atoms. The molecule has 0 bridgehead atoms. The molecule has 3 aromatic rings. The molecular formula is C21H14Cl2N6O. The number of hydrogen-bond donors (Lipinski definition) is 0. The SMILES string of the molecule is O=c1nc2c3ncn(Cc4ccccc4Cl)c3ncnc-2n1Cc1cccc(Cl)c1. The Hall–Kier alpha value is -3.29. The first-order valence-electron chi connectivity index (χ1n) is 9.14. The second-order valence-electron chi connectivity index (χ2n) is 6.79. The molecule has 148 valence electrons. The van der Waals surface area contributed by atoms with Crippen molar-refractivity contribution < 1.29 is 0 Å². The van der Waals surface area contributed by atoms with E-state index in [9.17, 15) is 4.79 Å². The predicted molar refractivity (Wildman–Crippen MR) is 115 cm³/mol. The highest BCUT2D eigenvalue weighted by molar-refractivity contribution is 6.31. The third-order valence-electron chi connectivity index (χ3n) is 4.83. The van der Waals surface area contributed by atoms with E-state index in [1.165, 1.54) is 10.9 Å². The summed E-state index contributed by atoms with van der Waals surface area (Å²) in [5.74, 6) is 0.422. The van der Waals surface area contributed by atoms with E-state index in [-0.39, 0.29) is 0 Å². The standard InChI is InChI=1S/C21H14Cl2N6O/c22-15-6-3-4-13(8-15)9-29-20-18(27-21(29)30)17-19(24-11-25-20)28(12-26-17)10-14-5-1-2-7-16(14)23/h1-8,11-12H,9-10H2. The van der Waals surface area contributed by atoms with Crippen molar-refractivity contribution in [1.82, 2.24) is 29.1 Å². The van der Waals surface area contributed by atoms with Gasteiger partial charge in [0.15, 0.2) is 11.5 Å². The van der Waals surface area contributed by atoms with Gasteiger partial charge in [0.25, 0.3) is 0 Å². The Morgan fingerprint density at radius 2 is 1.80 bits per heavy atom. The van der Waals surface area contributed by atoms with Gasteiger partial charge >= 0.3 is 5.69 Å². The van der Waals surface area contributed by atoms with Crippen LogP contribution < -0.4 is 5.69 Å². The number of rotatable bonds is 4. The molecule has 3 heterocycles. The average molecular weight is 437 g/mol. The van der Waals surface area contributed by atoms with E-state index in [1.807, 2.05) is 47.0 Å². The van der Waals surface area contributed by atoms with Gasteiger partial charge < -0.3 is 4.57 Å². The Morgan fingerprint density at radius 1 is 0.933 bits per heavy atom. The quantitative estimate of drug-likeness (QED) is 0.426. The Labute approximate surface area is 180 Å². The third-order valence-corrected chi connectivity index (χ3v) is 5.43. The van der Waals surface area contributed by atoms with Gasteiger partial charge in [-0.3, -0.25) is 4.57 Å². The van der Waals surface area contributed by atoms with Crippen LogP contribution in [0.2, 0.25) is 10.0 Å². The van der Waals surface area contributed by atoms with Crippen molar-refractivity contribution >= 4 is 34.4 Å². The number of hydrogen-bond acceptors (Lipinski definition) is 5. The average Bonchev–Trinajstić information content (AvgIpc) is 3.19. The van der Waals surface area contributed by atoms with E-state index in [4.69, 9.17) is 23.2 Å². The van der Waals surface area contributed by atoms with Crippen molar-refractivity contribution in [1.29, 1.82) is 0 Å². The number of nitrogens with zero attached hydrogens (tertiary/aromatic N) is 6. The first-order valence-corrected chi connectivity index (χ1v) is 9.90. The summed E-state index contributed by atoms with van der Waals surface area (Å²) in [4.78, 5) is 30.1. The van der Waals surface area contributed by atoms with Crippen LogP contribution in [0.1, 0.15) is 11.1 Å². The molecule has 0 N–H and O–H groups in total. The molecule has 5 rings (SSSR count). The number of benzene rings is 2. The molecule has 0 saturated heterocycles. The topological polar surface area (TPSA) is 78.5 Å². The zero-order valence-corrected chi connectivity index (χ0v) is 17.0. The molecule has 0 spiro atoms. The normalized spacial score (nSPS) is 11.4. The zero-order chi connectivity index (χ0) is 20.7. The van der Waals surface area contributed by atoms with E-state index < -0.39 is 5.69 Å². The van der Waals surface area contributed by atoms with Crippen LogP contribution in [0.4, 0.5) is 0 Å². The summed E-state index contributed by atoms with van der Waals surface area (Å²) in [5.41, 5.74) is 2.91. The first-order chi connectivity index (χ1) is 14.6. The summed E-state index contributed by atoms with van der Waals surface area (Å²) in [6.45, 7) is 0.789. The first kappa shape index (κ1) is 18.7. The molecular weight excluding hydrogens is 423 g/mol. The number of fused-ring (bicyclic) bond motifs is 3. The fourth-order valence-electron chi connectivity index (χ4n) is 3.42. The van der Waals surface area contributed by atoms with Gasteiger partial charge in [-0.15, -0.1) is 0 Å². The maximum atomic E-state index is 12.6. The molecule has 9 heteroatoms. The molecule has 1 aromatic heterocycles. The maximum absolute atomic E-state index is 12.6. The van der Waals surface area contributed by atoms with Crippen LogP contribution in [-0.4, -0.2) is 29.1 Å². The molecule has 0 amide bonds. The van der Waals surface area contributed by atoms with Crippen LogP contribution in [0.5, 0.6) is 0 Å². The summed E-state index contributed by atoms with van der Waals surface area (Å²) in [6, 6.07) is 14.9. The van der Waals surface area contributed by atoms with Crippen molar-refractivity contribution in [3.63, 3.8) is 0 Å². The summed E-state index contributed by atoms with van der Waals surface area (Å²) < 4.78 is 3.35. The molecule has 7 nitrogen and oxygen atoms in total. The van der Waals surface area contributed by atoms with Crippen LogP contribution >= 0.6 is 23.2 Å². The van der Waals surface area contributed by atoms with Crippen molar-refractivity contribution in [3.8, 4) is 11.5 Å². The van der Waals surface area contributed by atoms with Crippen LogP contribution in [0.15, 0.2) is 66.0 Å². The Bertz CT molecular complexity index is 1410. The fraction of sp³-hybridized carbons (Fsp3) is 0.0952. The van der Waals surface area contributed by atoms with E-state index in [0.717, 1.165) is 11.1 Å². The van der Waals surface area contributed by atoms with Crippen molar-refractivity contribution in [2.24, 2.45) is 0 Å². The van der Waals surface area contributed by atoms with Crippen LogP contribution in [0.25, 0.3) is 22.7 Å². The van der Waals surface area contributed by atoms with E-state index in [2.05, 4.69) is 19.9 Å². The molecule has 0 saturated carbocycles. The Kier molecular flexibility index (Phi) is 4.69. The summed E-state index contributed by atoms with van der Waals surface area (Å²) >= 11 is 12.4. The van der Waals surface area contributed by atoms with Crippen molar-refractivity contribution in [2.75, 3.05) is 0 Å². The minimum Gasteiger partial charge on any atom is -0.311 e. The van der Waals surface area contributed by atoms with E-state index in [0.29, 0.717) is 45.8 Å². The van der Waals surface area contributed by atoms with Gasteiger partial charge in [0, 0.05) is 10.0 Å². The van der Waals surface area contributed by atoms with Gasteiger partial charge in [0.05, 0.1) is 19.4 Å². The minimum absolute atomic E-state index is 0.300. The molecule has 0 atom stereocenters. The molecule has 0 fully saturated rings. The highest BCUT2D eigenvalue weighted by atomic mass is 35.5. The minimum atomic E-state index is -0.398. The van der Waals surface area contributed by atoms with Gasteiger partial charge in [-0.25, -0.2) is 19.7 Å². The van der Waals surface area contributed by atoms with Crippen LogP contribution in [-0.2, 0) is 13.1 Å². The van der Waals surface area contributed by atoms with Gasteiger partial charge in [-0.1, -0.05) is 53.5 Å². The van der Waals surface area contributed by atoms with E-state index >= 15 is 0 Å².